The summed E-state index contributed by atoms with van der Waals surface area (Å²) in [5.74, 6) is 0. The van der Waals surface area contributed by atoms with Gasteiger partial charge in [-0.3, -0.25) is 0 Å². The van der Waals surface area contributed by atoms with E-state index in [0.717, 1.165) is 18.4 Å². The zero-order chi connectivity index (χ0) is 17.2. The van der Waals surface area contributed by atoms with E-state index in [1.165, 1.54) is 24.3 Å². The van der Waals surface area contributed by atoms with E-state index in [0.29, 0.717) is 0 Å². The van der Waals surface area contributed by atoms with E-state index in [9.17, 15) is 16.8 Å². The van der Waals surface area contributed by atoms with Gasteiger partial charge in [-0.25, -0.2) is 26.3 Å². The summed E-state index contributed by atoms with van der Waals surface area (Å²) in [6.45, 7) is 0.139. The molecule has 0 heterocycles. The first-order chi connectivity index (χ1) is 11.4. The predicted molar refractivity (Wildman–Crippen MR) is 90.3 cm³/mol. The first-order valence-corrected chi connectivity index (χ1v) is 10.5. The van der Waals surface area contributed by atoms with Crippen LogP contribution in [-0.2, 0) is 26.6 Å². The average Bonchev–Trinajstić information content (AvgIpc) is 3.37. The monoisotopic (exact) mass is 366 g/mol. The van der Waals surface area contributed by atoms with Gasteiger partial charge in [0.25, 0.3) is 0 Å². The van der Waals surface area contributed by atoms with Crippen molar-refractivity contribution in [3.63, 3.8) is 0 Å². The SMILES string of the molecule is O=S(=O)(NCc1ccccc1)c1cccc(S(=O)(=O)NC2CC2)c1. The maximum absolute atomic E-state index is 12.4. The minimum absolute atomic E-state index is 0.0357. The fourth-order valence-corrected chi connectivity index (χ4v) is 4.64. The molecule has 1 saturated carbocycles. The minimum Gasteiger partial charge on any atom is -0.208 e. The van der Waals surface area contributed by atoms with E-state index in [1.54, 1.807) is 0 Å². The quantitative estimate of drug-likeness (QED) is 0.779. The van der Waals surface area contributed by atoms with Crippen LogP contribution in [-0.4, -0.2) is 22.9 Å². The van der Waals surface area contributed by atoms with Gasteiger partial charge in [-0.1, -0.05) is 36.4 Å². The molecular formula is C16H18N2O4S2. The van der Waals surface area contributed by atoms with Crippen LogP contribution in [0.25, 0.3) is 0 Å². The third kappa shape index (κ3) is 4.21. The topological polar surface area (TPSA) is 92.3 Å². The molecule has 1 fully saturated rings. The van der Waals surface area contributed by atoms with Gasteiger partial charge in [0.05, 0.1) is 9.79 Å². The Morgan fingerprint density at radius 2 is 1.46 bits per heavy atom. The van der Waals surface area contributed by atoms with E-state index in [1.807, 2.05) is 30.3 Å². The van der Waals surface area contributed by atoms with E-state index in [2.05, 4.69) is 9.44 Å². The second-order valence-electron chi connectivity index (χ2n) is 5.68. The van der Waals surface area contributed by atoms with Crippen molar-refractivity contribution in [3.05, 3.63) is 60.2 Å². The Kier molecular flexibility index (Phi) is 4.73. The van der Waals surface area contributed by atoms with Gasteiger partial charge in [0, 0.05) is 12.6 Å². The molecule has 0 bridgehead atoms. The molecule has 3 rings (SSSR count). The van der Waals surface area contributed by atoms with Crippen LogP contribution in [0.5, 0.6) is 0 Å². The van der Waals surface area contributed by atoms with Crippen molar-refractivity contribution in [2.24, 2.45) is 0 Å². The van der Waals surface area contributed by atoms with Gasteiger partial charge in [-0.05, 0) is 36.6 Å². The summed E-state index contributed by atoms with van der Waals surface area (Å²) in [5, 5.41) is 0. The van der Waals surface area contributed by atoms with Gasteiger partial charge in [0.15, 0.2) is 0 Å². The normalized spacial score (nSPS) is 15.3. The zero-order valence-electron chi connectivity index (χ0n) is 12.8. The van der Waals surface area contributed by atoms with E-state index in [4.69, 9.17) is 0 Å². The number of hydrogen-bond acceptors (Lipinski definition) is 4. The fraction of sp³-hybridized carbons (Fsp3) is 0.250. The van der Waals surface area contributed by atoms with Gasteiger partial charge in [0.1, 0.15) is 0 Å². The lowest BCUT2D eigenvalue weighted by atomic mass is 10.2. The lowest BCUT2D eigenvalue weighted by Crippen LogP contribution is -2.27. The summed E-state index contributed by atoms with van der Waals surface area (Å²) < 4.78 is 54.2. The highest BCUT2D eigenvalue weighted by atomic mass is 32.2. The third-order valence-electron chi connectivity index (χ3n) is 3.63. The highest BCUT2D eigenvalue weighted by molar-refractivity contribution is 7.90. The van der Waals surface area contributed by atoms with Gasteiger partial charge in [0.2, 0.25) is 20.0 Å². The number of sulfonamides is 2. The molecule has 8 heteroatoms. The predicted octanol–water partition coefficient (Wildman–Crippen LogP) is 1.61. The van der Waals surface area contributed by atoms with Crippen molar-refractivity contribution in [1.29, 1.82) is 0 Å². The molecule has 128 valence electrons. The van der Waals surface area contributed by atoms with E-state index in [-0.39, 0.29) is 22.4 Å². The summed E-state index contributed by atoms with van der Waals surface area (Å²) >= 11 is 0. The molecule has 24 heavy (non-hydrogen) atoms. The maximum Gasteiger partial charge on any atom is 0.240 e. The van der Waals surface area contributed by atoms with Crippen molar-refractivity contribution in [1.82, 2.24) is 9.44 Å². The lowest BCUT2D eigenvalue weighted by molar-refractivity contribution is 0.579. The van der Waals surface area contributed by atoms with E-state index < -0.39 is 20.0 Å². The Balaban J connectivity index is 1.79. The summed E-state index contributed by atoms with van der Waals surface area (Å²) in [6, 6.07) is 14.4. The minimum atomic E-state index is -3.80. The van der Waals surface area contributed by atoms with Gasteiger partial charge in [-0.15, -0.1) is 0 Å². The number of nitrogens with one attached hydrogen (secondary N) is 2. The summed E-state index contributed by atoms with van der Waals surface area (Å²) in [6.07, 6.45) is 1.63. The number of rotatable bonds is 7. The standard InChI is InChI=1S/C16H18N2O4S2/c19-23(20,17-12-13-5-2-1-3-6-13)15-7-4-8-16(11-15)24(21,22)18-14-9-10-14/h1-8,11,14,17-18H,9-10,12H2. The van der Waals surface area contributed by atoms with Gasteiger partial charge < -0.3 is 0 Å². The number of benzene rings is 2. The van der Waals surface area contributed by atoms with Crippen molar-refractivity contribution >= 4 is 20.0 Å². The average molecular weight is 366 g/mol. The smallest absolute Gasteiger partial charge is 0.208 e. The Bertz CT molecular complexity index is 922. The van der Waals surface area contributed by atoms with Crippen LogP contribution < -0.4 is 9.44 Å². The maximum atomic E-state index is 12.4. The van der Waals surface area contributed by atoms with Crippen molar-refractivity contribution in [3.8, 4) is 0 Å². The van der Waals surface area contributed by atoms with Crippen LogP contribution in [0.15, 0.2) is 64.4 Å². The van der Waals surface area contributed by atoms with Crippen molar-refractivity contribution in [2.45, 2.75) is 35.2 Å². The third-order valence-corrected chi connectivity index (χ3v) is 6.55. The second kappa shape index (κ2) is 6.64. The molecule has 6 nitrogen and oxygen atoms in total. The van der Waals surface area contributed by atoms with E-state index >= 15 is 0 Å². The van der Waals surface area contributed by atoms with Crippen LogP contribution in [0.1, 0.15) is 18.4 Å². The van der Waals surface area contributed by atoms with Crippen LogP contribution in [0.2, 0.25) is 0 Å². The molecule has 0 amide bonds. The Hall–Kier alpha value is -1.74. The molecule has 0 aliphatic heterocycles. The first kappa shape index (κ1) is 17.1. The summed E-state index contributed by atoms with van der Waals surface area (Å²) in [7, 11) is -7.49. The Morgan fingerprint density at radius 1 is 0.833 bits per heavy atom. The molecule has 0 unspecified atom stereocenters. The van der Waals surface area contributed by atoms with Crippen molar-refractivity contribution in [2.75, 3.05) is 0 Å². The highest BCUT2D eigenvalue weighted by Gasteiger charge is 2.28. The van der Waals surface area contributed by atoms with Crippen LogP contribution in [0.4, 0.5) is 0 Å². The molecule has 0 radical (unpaired) electrons. The van der Waals surface area contributed by atoms with Crippen LogP contribution >= 0.6 is 0 Å². The van der Waals surface area contributed by atoms with Gasteiger partial charge >= 0.3 is 0 Å². The van der Waals surface area contributed by atoms with Crippen LogP contribution in [0.3, 0.4) is 0 Å². The first-order valence-electron chi connectivity index (χ1n) is 7.53. The Labute approximate surface area is 142 Å². The molecule has 1 aliphatic rings. The highest BCUT2D eigenvalue weighted by Crippen LogP contribution is 2.23. The lowest BCUT2D eigenvalue weighted by Gasteiger charge is -2.09. The molecule has 2 aromatic rings. The summed E-state index contributed by atoms with van der Waals surface area (Å²) in [4.78, 5) is -0.117. The molecule has 2 aromatic carbocycles. The molecule has 0 atom stereocenters. The molecule has 0 saturated heterocycles. The van der Waals surface area contributed by atoms with Crippen molar-refractivity contribution < 1.29 is 16.8 Å². The molecular weight excluding hydrogens is 348 g/mol. The zero-order valence-corrected chi connectivity index (χ0v) is 14.5. The molecule has 0 spiro atoms. The molecule has 0 aromatic heterocycles. The summed E-state index contributed by atoms with van der Waals surface area (Å²) in [5.41, 5.74) is 0.820. The second-order valence-corrected chi connectivity index (χ2v) is 9.16. The van der Waals surface area contributed by atoms with Crippen LogP contribution in [0, 0.1) is 0 Å². The largest absolute Gasteiger partial charge is 0.240 e. The molecule has 1 aliphatic carbocycles. The Morgan fingerprint density at radius 3 is 2.08 bits per heavy atom. The number of hydrogen-bond donors (Lipinski definition) is 2. The molecule has 2 N–H and O–H groups in total. The fourth-order valence-electron chi connectivity index (χ4n) is 2.15. The van der Waals surface area contributed by atoms with Gasteiger partial charge in [-0.2, -0.15) is 0 Å².